The topological polar surface area (TPSA) is 112 Å². The van der Waals surface area contributed by atoms with Gasteiger partial charge in [0, 0.05) is 16.8 Å². The van der Waals surface area contributed by atoms with Gasteiger partial charge in [-0.2, -0.15) is 0 Å². The van der Waals surface area contributed by atoms with Gasteiger partial charge in [0.25, 0.3) is 5.91 Å². The van der Waals surface area contributed by atoms with Crippen molar-refractivity contribution in [2.45, 2.75) is 44.4 Å². The standard InChI is InChI=1S/C29H29N7O3/c1-17-11-14-22(26(30-17)36-19-12-13-20(36)16-38-15-19)28-34-35-29(39-28)33-25-27(37)31-23-10-6-5-9-21(23)24(32-25)18-7-3-2-4-8-18/h2-11,14,19-20,25,29,33,35H,12-13,15-16H2,1H3,(H,31,37)/t19?,20?,25-,29?/m1/s1. The number of hydrogen-bond donors (Lipinski definition) is 3. The Morgan fingerprint density at radius 3 is 2.54 bits per heavy atom. The molecule has 2 saturated heterocycles. The summed E-state index contributed by atoms with van der Waals surface area (Å²) in [6, 6.07) is 22.1. The van der Waals surface area contributed by atoms with Crippen LogP contribution in [0.3, 0.4) is 0 Å². The number of fused-ring (bicyclic) bond motifs is 3. The van der Waals surface area contributed by atoms with Gasteiger partial charge in [-0.05, 0) is 38.0 Å². The molecule has 3 aromatic rings. The summed E-state index contributed by atoms with van der Waals surface area (Å²) < 4.78 is 12.0. The molecule has 5 heterocycles. The lowest BCUT2D eigenvalue weighted by atomic mass is 10.0. The molecular formula is C29H29N7O3. The van der Waals surface area contributed by atoms with Crippen LogP contribution in [0, 0.1) is 6.92 Å². The van der Waals surface area contributed by atoms with Crippen LogP contribution in [-0.2, 0) is 14.3 Å². The molecule has 1 aromatic heterocycles. The van der Waals surface area contributed by atoms with Crippen molar-refractivity contribution in [2.75, 3.05) is 23.4 Å². The number of benzodiazepines with no additional fused rings is 1. The number of anilines is 2. The second kappa shape index (κ2) is 9.79. The fourth-order valence-electron chi connectivity index (χ4n) is 5.70. The fraction of sp³-hybridized carbons (Fsp3) is 0.310. The van der Waals surface area contributed by atoms with Gasteiger partial charge in [0.05, 0.1) is 42.3 Å². The third-order valence-corrected chi connectivity index (χ3v) is 7.55. The van der Waals surface area contributed by atoms with E-state index in [9.17, 15) is 4.79 Å². The van der Waals surface area contributed by atoms with Crippen molar-refractivity contribution in [1.29, 1.82) is 0 Å². The molecule has 0 radical (unpaired) electrons. The molecule has 0 aliphatic carbocycles. The Bertz CT molecular complexity index is 1460. The number of hydrazone groups is 1. The first-order chi connectivity index (χ1) is 19.1. The molecule has 0 saturated carbocycles. The second-order valence-corrected chi connectivity index (χ2v) is 10.1. The largest absolute Gasteiger partial charge is 0.437 e. The molecule has 2 fully saturated rings. The van der Waals surface area contributed by atoms with Crippen LogP contribution in [0.4, 0.5) is 11.5 Å². The number of ether oxygens (including phenoxy) is 2. The van der Waals surface area contributed by atoms with E-state index in [1.807, 2.05) is 73.7 Å². The Morgan fingerprint density at radius 2 is 1.72 bits per heavy atom. The lowest BCUT2D eigenvalue weighted by Gasteiger charge is -2.36. The number of nitrogens with one attached hydrogen (secondary N) is 3. The van der Waals surface area contributed by atoms with Gasteiger partial charge in [-0.3, -0.25) is 15.2 Å². The van der Waals surface area contributed by atoms with Gasteiger partial charge in [0.1, 0.15) is 5.82 Å². The molecule has 4 aliphatic rings. The van der Waals surface area contributed by atoms with Crippen LogP contribution in [0.15, 0.2) is 76.8 Å². The predicted molar refractivity (Wildman–Crippen MR) is 148 cm³/mol. The van der Waals surface area contributed by atoms with E-state index in [4.69, 9.17) is 19.5 Å². The minimum absolute atomic E-state index is 0.283. The molecule has 3 N–H and O–H groups in total. The van der Waals surface area contributed by atoms with E-state index in [0.29, 0.717) is 42.6 Å². The molecule has 1 amide bonds. The summed E-state index contributed by atoms with van der Waals surface area (Å²) in [5, 5.41) is 10.7. The lowest BCUT2D eigenvalue weighted by molar-refractivity contribution is -0.118. The van der Waals surface area contributed by atoms with Gasteiger partial charge in [0.15, 0.2) is 6.17 Å². The summed E-state index contributed by atoms with van der Waals surface area (Å²) in [5.41, 5.74) is 7.92. The summed E-state index contributed by atoms with van der Waals surface area (Å²) in [5.74, 6) is 0.999. The van der Waals surface area contributed by atoms with Crippen molar-refractivity contribution in [2.24, 2.45) is 10.1 Å². The SMILES string of the molecule is Cc1ccc(C2=NNC(N[C@H]3N=C(c4ccccc4)c4ccccc4NC3=O)O2)c(N2C3CCC2COC3)n1. The average molecular weight is 524 g/mol. The number of carbonyl (C=O) groups excluding carboxylic acids is 1. The van der Waals surface area contributed by atoms with Crippen LogP contribution < -0.4 is 21.0 Å². The zero-order chi connectivity index (χ0) is 26.3. The van der Waals surface area contributed by atoms with Crippen LogP contribution in [0.25, 0.3) is 0 Å². The highest BCUT2D eigenvalue weighted by Crippen LogP contribution is 2.35. The zero-order valence-electron chi connectivity index (χ0n) is 21.5. The number of carbonyl (C=O) groups is 1. The number of aliphatic imine (C=N–C) groups is 1. The van der Waals surface area contributed by atoms with Crippen LogP contribution in [0.2, 0.25) is 0 Å². The van der Waals surface area contributed by atoms with Gasteiger partial charge in [0.2, 0.25) is 12.2 Å². The molecule has 4 atom stereocenters. The molecule has 4 aliphatic heterocycles. The van der Waals surface area contributed by atoms with Gasteiger partial charge >= 0.3 is 0 Å². The smallest absolute Gasteiger partial charge is 0.264 e. The van der Waals surface area contributed by atoms with Crippen LogP contribution in [0.5, 0.6) is 0 Å². The maximum Gasteiger partial charge on any atom is 0.264 e. The van der Waals surface area contributed by atoms with E-state index in [0.717, 1.165) is 41.0 Å². The minimum Gasteiger partial charge on any atom is -0.437 e. The van der Waals surface area contributed by atoms with E-state index in [-0.39, 0.29) is 5.91 Å². The van der Waals surface area contributed by atoms with Crippen molar-refractivity contribution in [3.63, 3.8) is 0 Å². The number of rotatable bonds is 5. The normalized spacial score (nSPS) is 25.6. The van der Waals surface area contributed by atoms with Crippen molar-refractivity contribution in [1.82, 2.24) is 15.7 Å². The number of aryl methyl sites for hydroxylation is 1. The first-order valence-corrected chi connectivity index (χ1v) is 13.3. The summed E-state index contributed by atoms with van der Waals surface area (Å²) in [7, 11) is 0. The minimum atomic E-state index is -0.912. The molecule has 39 heavy (non-hydrogen) atoms. The summed E-state index contributed by atoms with van der Waals surface area (Å²) in [6.45, 7) is 3.38. The Kier molecular flexibility index (Phi) is 5.98. The van der Waals surface area contributed by atoms with E-state index in [1.165, 1.54) is 0 Å². The van der Waals surface area contributed by atoms with Crippen molar-refractivity contribution in [3.8, 4) is 0 Å². The van der Waals surface area contributed by atoms with Crippen LogP contribution in [-0.4, -0.2) is 60.3 Å². The highest BCUT2D eigenvalue weighted by molar-refractivity contribution is 6.19. The molecule has 10 nitrogen and oxygen atoms in total. The number of amides is 1. The summed E-state index contributed by atoms with van der Waals surface area (Å²) in [4.78, 5) is 25.3. The van der Waals surface area contributed by atoms with E-state index in [2.05, 4.69) is 26.1 Å². The average Bonchev–Trinajstić information content (AvgIpc) is 3.48. The number of para-hydroxylation sites is 1. The highest BCUT2D eigenvalue weighted by Gasteiger charge is 2.40. The molecule has 10 heteroatoms. The van der Waals surface area contributed by atoms with E-state index >= 15 is 0 Å². The molecule has 0 spiro atoms. The number of hydrogen-bond acceptors (Lipinski definition) is 9. The Balaban J connectivity index is 1.15. The van der Waals surface area contributed by atoms with Crippen molar-refractivity contribution < 1.29 is 14.3 Å². The number of nitrogens with zero attached hydrogens (tertiary/aromatic N) is 4. The third-order valence-electron chi connectivity index (χ3n) is 7.55. The first-order valence-electron chi connectivity index (χ1n) is 13.3. The Morgan fingerprint density at radius 1 is 0.949 bits per heavy atom. The Hall–Kier alpha value is -4.28. The molecule has 7 rings (SSSR count). The molecule has 198 valence electrons. The van der Waals surface area contributed by atoms with Crippen molar-refractivity contribution >= 4 is 29.0 Å². The van der Waals surface area contributed by atoms with Crippen LogP contribution >= 0.6 is 0 Å². The fourth-order valence-corrected chi connectivity index (χ4v) is 5.70. The number of pyridine rings is 1. The maximum absolute atomic E-state index is 13.2. The van der Waals surface area contributed by atoms with E-state index < -0.39 is 12.5 Å². The maximum atomic E-state index is 13.2. The monoisotopic (exact) mass is 523 g/mol. The summed E-state index contributed by atoms with van der Waals surface area (Å²) in [6.07, 6.45) is 0.492. The van der Waals surface area contributed by atoms with Gasteiger partial charge in [-0.1, -0.05) is 48.5 Å². The first kappa shape index (κ1) is 23.8. The third kappa shape index (κ3) is 4.41. The van der Waals surface area contributed by atoms with Crippen molar-refractivity contribution in [3.05, 3.63) is 89.1 Å². The van der Waals surface area contributed by atoms with Crippen LogP contribution in [0.1, 0.15) is 35.2 Å². The van der Waals surface area contributed by atoms with Gasteiger partial charge < -0.3 is 19.7 Å². The molecular weight excluding hydrogens is 494 g/mol. The molecule has 2 bridgehead atoms. The van der Waals surface area contributed by atoms with Gasteiger partial charge in [-0.25, -0.2) is 10.3 Å². The van der Waals surface area contributed by atoms with E-state index in [1.54, 1.807) is 0 Å². The molecule has 2 aromatic carbocycles. The Labute approximate surface area is 226 Å². The highest BCUT2D eigenvalue weighted by atomic mass is 16.5. The number of aromatic nitrogens is 1. The van der Waals surface area contributed by atoms with Gasteiger partial charge in [-0.15, -0.1) is 5.10 Å². The lowest BCUT2D eigenvalue weighted by Crippen LogP contribution is -2.49. The number of benzene rings is 2. The quantitative estimate of drug-likeness (QED) is 0.472. The summed E-state index contributed by atoms with van der Waals surface area (Å²) >= 11 is 0. The second-order valence-electron chi connectivity index (χ2n) is 10.1. The predicted octanol–water partition coefficient (Wildman–Crippen LogP) is 2.73. The number of morpholine rings is 1. The zero-order valence-corrected chi connectivity index (χ0v) is 21.5. The molecule has 3 unspecified atom stereocenters.